The van der Waals surface area contributed by atoms with Crippen LogP contribution in [0.2, 0.25) is 0 Å². The molecule has 1 unspecified atom stereocenters. The van der Waals surface area contributed by atoms with Crippen LogP contribution in [0.1, 0.15) is 24.2 Å². The predicted octanol–water partition coefficient (Wildman–Crippen LogP) is 3.86. The first-order valence-corrected chi connectivity index (χ1v) is 11.3. The van der Waals surface area contributed by atoms with Crippen molar-refractivity contribution in [3.8, 4) is 5.82 Å². The lowest BCUT2D eigenvalue weighted by Crippen LogP contribution is -2.41. The van der Waals surface area contributed by atoms with Crippen LogP contribution in [-0.2, 0) is 4.79 Å². The Morgan fingerprint density at radius 3 is 2.73 bits per heavy atom. The third-order valence-corrected chi connectivity index (χ3v) is 6.14. The molecule has 1 saturated heterocycles. The number of aromatic nitrogens is 4. The molecule has 156 valence electrons. The van der Waals surface area contributed by atoms with Crippen molar-refractivity contribution in [1.82, 2.24) is 19.7 Å². The second kappa shape index (κ2) is 8.87. The minimum atomic E-state index is -0.0826. The zero-order valence-electron chi connectivity index (χ0n) is 17.5. The lowest BCUT2D eigenvalue weighted by atomic mass is 9.97. The van der Waals surface area contributed by atoms with Gasteiger partial charge in [-0.2, -0.15) is 5.10 Å². The van der Waals surface area contributed by atoms with Gasteiger partial charge in [0.2, 0.25) is 5.91 Å². The number of thioether (sulfide) groups is 1. The van der Waals surface area contributed by atoms with Crippen molar-refractivity contribution in [3.63, 3.8) is 0 Å². The van der Waals surface area contributed by atoms with Gasteiger partial charge in [-0.15, -0.1) is 11.8 Å². The zero-order valence-corrected chi connectivity index (χ0v) is 18.3. The van der Waals surface area contributed by atoms with Crippen LogP contribution < -0.4 is 10.2 Å². The first kappa shape index (κ1) is 20.4. The minimum absolute atomic E-state index is 0.0639. The van der Waals surface area contributed by atoms with Crippen LogP contribution in [0.25, 0.3) is 5.82 Å². The van der Waals surface area contributed by atoms with Crippen molar-refractivity contribution in [2.45, 2.75) is 31.6 Å². The number of rotatable bonds is 5. The maximum atomic E-state index is 13.0. The first-order valence-electron chi connectivity index (χ1n) is 10.1. The summed E-state index contributed by atoms with van der Waals surface area (Å²) >= 11 is 1.63. The van der Waals surface area contributed by atoms with E-state index in [9.17, 15) is 4.79 Å². The molecule has 0 radical (unpaired) electrons. The van der Waals surface area contributed by atoms with E-state index < -0.39 is 0 Å². The third-order valence-electron chi connectivity index (χ3n) is 5.35. The van der Waals surface area contributed by atoms with E-state index in [0.29, 0.717) is 6.54 Å². The Balaban J connectivity index is 1.49. The van der Waals surface area contributed by atoms with Gasteiger partial charge >= 0.3 is 0 Å². The van der Waals surface area contributed by atoms with Gasteiger partial charge in [0.25, 0.3) is 0 Å². The Kier molecular flexibility index (Phi) is 6.03. The van der Waals surface area contributed by atoms with E-state index in [1.165, 1.54) is 0 Å². The molecule has 0 saturated carbocycles. The first-order chi connectivity index (χ1) is 14.5. The zero-order chi connectivity index (χ0) is 21.1. The van der Waals surface area contributed by atoms with Crippen molar-refractivity contribution < 1.29 is 4.79 Å². The second-order valence-electron chi connectivity index (χ2n) is 7.55. The number of piperidine rings is 1. The number of para-hydroxylation sites is 1. The van der Waals surface area contributed by atoms with Crippen molar-refractivity contribution >= 4 is 29.2 Å². The van der Waals surface area contributed by atoms with Crippen molar-refractivity contribution in [1.29, 1.82) is 0 Å². The molecule has 0 aliphatic carbocycles. The number of aryl methyl sites for hydroxylation is 2. The summed E-state index contributed by atoms with van der Waals surface area (Å²) < 4.78 is 1.83. The largest absolute Gasteiger partial charge is 0.356 e. The van der Waals surface area contributed by atoms with Gasteiger partial charge in [0.15, 0.2) is 5.82 Å². The average Bonchev–Trinajstić information content (AvgIpc) is 3.12. The SMILES string of the molecule is CSc1ccccc1NC(=O)C1CCCN(c2cc(-n3nc(C)cc3C)ncn2)C1. The molecule has 7 nitrogen and oxygen atoms in total. The number of anilines is 2. The van der Waals surface area contributed by atoms with E-state index in [2.05, 4.69) is 25.3 Å². The molecule has 1 fully saturated rings. The molecule has 1 amide bonds. The average molecular weight is 423 g/mol. The highest BCUT2D eigenvalue weighted by Gasteiger charge is 2.27. The number of nitrogens with zero attached hydrogens (tertiary/aromatic N) is 5. The van der Waals surface area contributed by atoms with Gasteiger partial charge in [-0.1, -0.05) is 12.1 Å². The van der Waals surface area contributed by atoms with Crippen LogP contribution in [-0.4, -0.2) is 45.0 Å². The molecule has 8 heteroatoms. The van der Waals surface area contributed by atoms with Crippen LogP contribution in [0.3, 0.4) is 0 Å². The molecule has 30 heavy (non-hydrogen) atoms. The molecule has 0 bridgehead atoms. The van der Waals surface area contributed by atoms with Gasteiger partial charge in [0, 0.05) is 29.7 Å². The number of nitrogens with one attached hydrogen (secondary N) is 1. The van der Waals surface area contributed by atoms with Crippen LogP contribution in [0, 0.1) is 19.8 Å². The summed E-state index contributed by atoms with van der Waals surface area (Å²) in [6.45, 7) is 5.49. The molecule has 1 atom stereocenters. The van der Waals surface area contributed by atoms with E-state index in [1.807, 2.05) is 61.2 Å². The maximum absolute atomic E-state index is 13.0. The predicted molar refractivity (Wildman–Crippen MR) is 120 cm³/mol. The smallest absolute Gasteiger partial charge is 0.229 e. The summed E-state index contributed by atoms with van der Waals surface area (Å²) in [6.07, 6.45) is 5.41. The van der Waals surface area contributed by atoms with E-state index in [0.717, 1.165) is 53.0 Å². The van der Waals surface area contributed by atoms with Gasteiger partial charge in [-0.3, -0.25) is 4.79 Å². The normalized spacial score (nSPS) is 16.5. The summed E-state index contributed by atoms with van der Waals surface area (Å²) in [5.41, 5.74) is 2.86. The van der Waals surface area contributed by atoms with Gasteiger partial charge in [0.05, 0.1) is 17.3 Å². The molecule has 3 heterocycles. The monoisotopic (exact) mass is 422 g/mol. The van der Waals surface area contributed by atoms with Crippen LogP contribution in [0.4, 0.5) is 11.5 Å². The van der Waals surface area contributed by atoms with E-state index in [1.54, 1.807) is 18.1 Å². The molecular formula is C22H26N6OS. The third kappa shape index (κ3) is 4.33. The number of hydrogen-bond acceptors (Lipinski definition) is 6. The van der Waals surface area contributed by atoms with Crippen molar-refractivity contribution in [2.75, 3.05) is 29.6 Å². The molecular weight excluding hydrogens is 396 g/mol. The van der Waals surface area contributed by atoms with E-state index >= 15 is 0 Å². The number of carbonyl (C=O) groups excluding carboxylic acids is 1. The van der Waals surface area contributed by atoms with Gasteiger partial charge in [0.1, 0.15) is 12.1 Å². The fraction of sp³-hybridized carbons (Fsp3) is 0.364. The van der Waals surface area contributed by atoms with Crippen LogP contribution >= 0.6 is 11.8 Å². The quantitative estimate of drug-likeness (QED) is 0.630. The standard InChI is InChI=1S/C22H26N6OS/c1-15-11-16(2)28(26-15)21-12-20(23-14-24-21)27-10-6-7-17(13-27)22(29)25-18-8-4-5-9-19(18)30-3/h4-5,8-9,11-12,14,17H,6-7,10,13H2,1-3H3,(H,25,29). The fourth-order valence-corrected chi connectivity index (χ4v) is 4.42. The van der Waals surface area contributed by atoms with Crippen molar-refractivity contribution in [3.05, 3.63) is 54.1 Å². The number of carbonyl (C=O) groups is 1. The topological polar surface area (TPSA) is 75.9 Å². The molecule has 0 spiro atoms. The summed E-state index contributed by atoms with van der Waals surface area (Å²) in [5, 5.41) is 7.63. The van der Waals surface area contributed by atoms with Gasteiger partial charge in [-0.25, -0.2) is 14.6 Å². The molecule has 2 aromatic heterocycles. The second-order valence-corrected chi connectivity index (χ2v) is 8.40. The van der Waals surface area contributed by atoms with Gasteiger partial charge < -0.3 is 10.2 Å². The fourth-order valence-electron chi connectivity index (χ4n) is 3.87. The summed E-state index contributed by atoms with van der Waals surface area (Å²) in [5.74, 6) is 1.55. The van der Waals surface area contributed by atoms with Crippen LogP contribution in [0.5, 0.6) is 0 Å². The van der Waals surface area contributed by atoms with E-state index in [4.69, 9.17) is 0 Å². The van der Waals surface area contributed by atoms with E-state index in [-0.39, 0.29) is 11.8 Å². The summed E-state index contributed by atoms with van der Waals surface area (Å²) in [6, 6.07) is 11.9. The number of hydrogen-bond donors (Lipinski definition) is 1. The molecule has 1 N–H and O–H groups in total. The lowest BCUT2D eigenvalue weighted by molar-refractivity contribution is -0.120. The molecule has 1 aliphatic rings. The molecule has 3 aromatic rings. The van der Waals surface area contributed by atoms with Crippen molar-refractivity contribution in [2.24, 2.45) is 5.92 Å². The Morgan fingerprint density at radius 2 is 1.97 bits per heavy atom. The lowest BCUT2D eigenvalue weighted by Gasteiger charge is -2.33. The summed E-state index contributed by atoms with van der Waals surface area (Å²) in [4.78, 5) is 25.1. The van der Waals surface area contributed by atoms with Crippen LogP contribution in [0.15, 0.2) is 47.6 Å². The molecule has 1 aliphatic heterocycles. The highest BCUT2D eigenvalue weighted by atomic mass is 32.2. The Labute approximate surface area is 180 Å². The Bertz CT molecular complexity index is 1050. The molecule has 4 rings (SSSR count). The highest BCUT2D eigenvalue weighted by molar-refractivity contribution is 7.98. The Morgan fingerprint density at radius 1 is 1.17 bits per heavy atom. The Hall–Kier alpha value is -2.87. The highest BCUT2D eigenvalue weighted by Crippen LogP contribution is 2.27. The van der Waals surface area contributed by atoms with Gasteiger partial charge in [-0.05, 0) is 51.1 Å². The maximum Gasteiger partial charge on any atom is 0.229 e. The summed E-state index contributed by atoms with van der Waals surface area (Å²) in [7, 11) is 0. The minimum Gasteiger partial charge on any atom is -0.356 e. The molecule has 1 aromatic carbocycles. The number of amides is 1. The number of benzene rings is 1.